The van der Waals surface area contributed by atoms with Gasteiger partial charge in [0, 0.05) is 12.7 Å². The molecule has 94 valence electrons. The van der Waals surface area contributed by atoms with E-state index in [-0.39, 0.29) is 11.6 Å². The van der Waals surface area contributed by atoms with Gasteiger partial charge in [-0.2, -0.15) is 0 Å². The van der Waals surface area contributed by atoms with E-state index in [9.17, 15) is 0 Å². The number of nitrogens with two attached hydrogens (primary N) is 1. The lowest BCUT2D eigenvalue weighted by Crippen LogP contribution is -2.41. The molecule has 0 aromatic heterocycles. The Labute approximate surface area is 102 Å². The summed E-state index contributed by atoms with van der Waals surface area (Å²) < 4.78 is 10.7. The van der Waals surface area contributed by atoms with Crippen LogP contribution in [0.3, 0.4) is 0 Å². The first-order valence-electron chi connectivity index (χ1n) is 5.88. The van der Waals surface area contributed by atoms with Gasteiger partial charge < -0.3 is 20.5 Å². The van der Waals surface area contributed by atoms with Crippen molar-refractivity contribution in [1.82, 2.24) is 0 Å². The number of hydrogen-bond donors (Lipinski definition) is 2. The summed E-state index contributed by atoms with van der Waals surface area (Å²) in [5.74, 6) is 0.772. The van der Waals surface area contributed by atoms with Gasteiger partial charge >= 0.3 is 0 Å². The highest BCUT2D eigenvalue weighted by molar-refractivity contribution is 5.69. The van der Waals surface area contributed by atoms with E-state index >= 15 is 0 Å². The van der Waals surface area contributed by atoms with E-state index in [1.807, 2.05) is 18.2 Å². The second-order valence-electron chi connectivity index (χ2n) is 4.76. The molecule has 2 atom stereocenters. The smallest absolute Gasteiger partial charge is 0.121 e. The first kappa shape index (κ1) is 12.0. The third kappa shape index (κ3) is 2.31. The topological polar surface area (TPSA) is 56.5 Å². The van der Waals surface area contributed by atoms with Crippen molar-refractivity contribution in [2.45, 2.75) is 31.9 Å². The van der Waals surface area contributed by atoms with Crippen molar-refractivity contribution in [3.63, 3.8) is 0 Å². The summed E-state index contributed by atoms with van der Waals surface area (Å²) in [7, 11) is 1.63. The Morgan fingerprint density at radius 3 is 2.82 bits per heavy atom. The molecule has 4 nitrogen and oxygen atoms in total. The molecule has 1 heterocycles. The molecule has 0 bridgehead atoms. The summed E-state index contributed by atoms with van der Waals surface area (Å²) in [5, 5.41) is 3.48. The van der Waals surface area contributed by atoms with Crippen molar-refractivity contribution >= 4 is 11.4 Å². The first-order valence-corrected chi connectivity index (χ1v) is 5.88. The highest BCUT2D eigenvalue weighted by Crippen LogP contribution is 2.33. The molecular formula is C13H20N2O2. The average molecular weight is 236 g/mol. The number of methoxy groups -OCH3 is 1. The second-order valence-corrected chi connectivity index (χ2v) is 4.76. The molecule has 1 aliphatic heterocycles. The van der Waals surface area contributed by atoms with E-state index in [1.165, 1.54) is 0 Å². The zero-order valence-corrected chi connectivity index (χ0v) is 10.6. The van der Waals surface area contributed by atoms with Gasteiger partial charge in [0.25, 0.3) is 0 Å². The standard InChI is InChI=1S/C13H20N2O2/c1-9-13(2,6-7-17-9)15-12-5-4-10(16-3)8-11(12)14/h4-5,8-9,15H,6-7,14H2,1-3H3. The highest BCUT2D eigenvalue weighted by Gasteiger charge is 2.37. The predicted molar refractivity (Wildman–Crippen MR) is 69.5 cm³/mol. The molecule has 1 aliphatic rings. The molecule has 0 radical (unpaired) electrons. The van der Waals surface area contributed by atoms with Crippen LogP contribution in [0.15, 0.2) is 18.2 Å². The highest BCUT2D eigenvalue weighted by atomic mass is 16.5. The van der Waals surface area contributed by atoms with Gasteiger partial charge in [-0.25, -0.2) is 0 Å². The van der Waals surface area contributed by atoms with Crippen LogP contribution in [0.2, 0.25) is 0 Å². The van der Waals surface area contributed by atoms with E-state index in [4.69, 9.17) is 15.2 Å². The van der Waals surface area contributed by atoms with Crippen molar-refractivity contribution in [3.05, 3.63) is 18.2 Å². The minimum absolute atomic E-state index is 0.0529. The fourth-order valence-corrected chi connectivity index (χ4v) is 2.09. The number of ether oxygens (including phenoxy) is 2. The van der Waals surface area contributed by atoms with E-state index in [0.717, 1.165) is 24.5 Å². The van der Waals surface area contributed by atoms with Gasteiger partial charge in [0.1, 0.15) is 5.75 Å². The minimum atomic E-state index is -0.0529. The quantitative estimate of drug-likeness (QED) is 0.790. The van der Waals surface area contributed by atoms with Crippen LogP contribution in [0.25, 0.3) is 0 Å². The van der Waals surface area contributed by atoms with Crippen LogP contribution in [-0.4, -0.2) is 25.4 Å². The molecule has 3 N–H and O–H groups in total. The molecule has 2 rings (SSSR count). The first-order chi connectivity index (χ1) is 8.05. The van der Waals surface area contributed by atoms with Crippen molar-refractivity contribution < 1.29 is 9.47 Å². The molecule has 1 aromatic carbocycles. The van der Waals surface area contributed by atoms with Gasteiger partial charge in [-0.05, 0) is 32.4 Å². The molecule has 1 fully saturated rings. The Morgan fingerprint density at radius 1 is 1.53 bits per heavy atom. The van der Waals surface area contributed by atoms with E-state index in [0.29, 0.717) is 5.69 Å². The lowest BCUT2D eigenvalue weighted by molar-refractivity contribution is 0.105. The van der Waals surface area contributed by atoms with Crippen LogP contribution < -0.4 is 15.8 Å². The number of hydrogen-bond acceptors (Lipinski definition) is 4. The van der Waals surface area contributed by atoms with Gasteiger partial charge in [0.05, 0.1) is 30.1 Å². The van der Waals surface area contributed by atoms with Gasteiger partial charge in [0.15, 0.2) is 0 Å². The van der Waals surface area contributed by atoms with Gasteiger partial charge in [-0.3, -0.25) is 0 Å². The number of rotatable bonds is 3. The molecule has 0 saturated carbocycles. The third-order valence-corrected chi connectivity index (χ3v) is 3.57. The zero-order chi connectivity index (χ0) is 12.5. The molecule has 4 heteroatoms. The largest absolute Gasteiger partial charge is 0.497 e. The zero-order valence-electron chi connectivity index (χ0n) is 10.6. The van der Waals surface area contributed by atoms with Gasteiger partial charge in [-0.1, -0.05) is 0 Å². The van der Waals surface area contributed by atoms with Gasteiger partial charge in [0.2, 0.25) is 0 Å². The maximum Gasteiger partial charge on any atom is 0.121 e. The van der Waals surface area contributed by atoms with Crippen LogP contribution >= 0.6 is 0 Å². The van der Waals surface area contributed by atoms with Crippen molar-refractivity contribution in [2.24, 2.45) is 0 Å². The Morgan fingerprint density at radius 2 is 2.29 bits per heavy atom. The fraction of sp³-hybridized carbons (Fsp3) is 0.538. The summed E-state index contributed by atoms with van der Waals surface area (Å²) in [5.41, 5.74) is 7.58. The maximum atomic E-state index is 6.00. The average Bonchev–Trinajstić information content (AvgIpc) is 2.62. The molecular weight excluding hydrogens is 216 g/mol. The van der Waals surface area contributed by atoms with Crippen LogP contribution in [0.4, 0.5) is 11.4 Å². The van der Waals surface area contributed by atoms with Crippen molar-refractivity contribution in [1.29, 1.82) is 0 Å². The van der Waals surface area contributed by atoms with Crippen LogP contribution in [0.5, 0.6) is 5.75 Å². The number of nitrogens with one attached hydrogen (secondary N) is 1. The van der Waals surface area contributed by atoms with E-state index in [1.54, 1.807) is 7.11 Å². The SMILES string of the molecule is COc1ccc(NC2(C)CCOC2C)c(N)c1. The summed E-state index contributed by atoms with van der Waals surface area (Å²) in [6.45, 7) is 5.04. The maximum absolute atomic E-state index is 6.00. The van der Waals surface area contributed by atoms with E-state index in [2.05, 4.69) is 19.2 Å². The number of benzene rings is 1. The minimum Gasteiger partial charge on any atom is -0.497 e. The summed E-state index contributed by atoms with van der Waals surface area (Å²) in [6.07, 6.45) is 1.17. The van der Waals surface area contributed by atoms with Crippen molar-refractivity contribution in [3.8, 4) is 5.75 Å². The molecule has 2 unspecified atom stereocenters. The van der Waals surface area contributed by atoms with Crippen LogP contribution in [-0.2, 0) is 4.74 Å². The van der Waals surface area contributed by atoms with Crippen LogP contribution in [0.1, 0.15) is 20.3 Å². The lowest BCUT2D eigenvalue weighted by Gasteiger charge is -2.30. The Balaban J connectivity index is 2.18. The lowest BCUT2D eigenvalue weighted by atomic mass is 9.94. The Kier molecular flexibility index (Phi) is 3.15. The predicted octanol–water partition coefficient (Wildman–Crippen LogP) is 2.26. The third-order valence-electron chi connectivity index (χ3n) is 3.57. The van der Waals surface area contributed by atoms with E-state index < -0.39 is 0 Å². The summed E-state index contributed by atoms with van der Waals surface area (Å²) in [6, 6.07) is 5.68. The monoisotopic (exact) mass is 236 g/mol. The van der Waals surface area contributed by atoms with Crippen molar-refractivity contribution in [2.75, 3.05) is 24.8 Å². The molecule has 17 heavy (non-hydrogen) atoms. The number of nitrogen functional groups attached to an aromatic ring is 1. The molecule has 0 aliphatic carbocycles. The molecule has 1 saturated heterocycles. The van der Waals surface area contributed by atoms with Crippen LogP contribution in [0, 0.1) is 0 Å². The number of anilines is 2. The second kappa shape index (κ2) is 4.45. The Bertz CT molecular complexity index is 408. The fourth-order valence-electron chi connectivity index (χ4n) is 2.09. The van der Waals surface area contributed by atoms with Gasteiger partial charge in [-0.15, -0.1) is 0 Å². The molecule has 0 spiro atoms. The molecule has 1 aromatic rings. The summed E-state index contributed by atoms with van der Waals surface area (Å²) >= 11 is 0. The molecule has 0 amide bonds. The normalized spacial score (nSPS) is 28.1. The Hall–Kier alpha value is -1.42. The summed E-state index contributed by atoms with van der Waals surface area (Å²) in [4.78, 5) is 0.